The Labute approximate surface area is 190 Å². The van der Waals surface area contributed by atoms with Crippen LogP contribution in [0.15, 0.2) is 47.4 Å². The van der Waals surface area contributed by atoms with E-state index in [9.17, 15) is 9.18 Å². The van der Waals surface area contributed by atoms with E-state index < -0.39 is 5.82 Å². The minimum Gasteiger partial charge on any atom is -0.307 e. The van der Waals surface area contributed by atoms with Crippen LogP contribution in [0.25, 0.3) is 11.0 Å². The number of hydrogen-bond donors (Lipinski definition) is 1. The number of nitrogens with one attached hydrogen (secondary N) is 1. The van der Waals surface area contributed by atoms with Crippen molar-refractivity contribution in [3.63, 3.8) is 0 Å². The molecule has 1 aromatic carbocycles. The number of aromatic nitrogens is 2. The molecular formula is C23H25Cl2FN4O. The highest BCUT2D eigenvalue weighted by molar-refractivity contribution is 6.42. The third-order valence-corrected chi connectivity index (χ3v) is 6.85. The van der Waals surface area contributed by atoms with Crippen LogP contribution < -0.4 is 10.9 Å². The van der Waals surface area contributed by atoms with Crippen LogP contribution in [0.1, 0.15) is 25.3 Å². The molecule has 31 heavy (non-hydrogen) atoms. The van der Waals surface area contributed by atoms with E-state index in [0.717, 1.165) is 44.6 Å². The highest BCUT2D eigenvalue weighted by Gasteiger charge is 2.29. The van der Waals surface area contributed by atoms with Crippen molar-refractivity contribution in [3.05, 3.63) is 74.4 Å². The van der Waals surface area contributed by atoms with Gasteiger partial charge in [-0.15, -0.1) is 0 Å². The van der Waals surface area contributed by atoms with Crippen LogP contribution in [0.5, 0.6) is 0 Å². The third kappa shape index (κ3) is 5.26. The summed E-state index contributed by atoms with van der Waals surface area (Å²) < 4.78 is 15.3. The Morgan fingerprint density at radius 3 is 2.61 bits per heavy atom. The Morgan fingerprint density at radius 2 is 1.87 bits per heavy atom. The molecule has 1 saturated heterocycles. The SMILES string of the molecule is CC1(NCc2ccc(Cl)c(Cl)c2)CCN(CCn2c(=O)ccc3ncc(F)cc32)CC1. The van der Waals surface area contributed by atoms with E-state index in [1.807, 2.05) is 18.2 Å². The van der Waals surface area contributed by atoms with E-state index in [2.05, 4.69) is 22.1 Å². The number of fused-ring (bicyclic) bond motifs is 1. The van der Waals surface area contributed by atoms with Gasteiger partial charge in [-0.2, -0.15) is 0 Å². The minimum atomic E-state index is -0.436. The molecule has 0 bridgehead atoms. The fourth-order valence-electron chi connectivity index (χ4n) is 4.03. The van der Waals surface area contributed by atoms with Gasteiger partial charge in [0.05, 0.1) is 27.3 Å². The van der Waals surface area contributed by atoms with Gasteiger partial charge in [-0.1, -0.05) is 29.3 Å². The smallest absolute Gasteiger partial charge is 0.251 e. The van der Waals surface area contributed by atoms with Crippen molar-refractivity contribution in [1.29, 1.82) is 0 Å². The zero-order valence-electron chi connectivity index (χ0n) is 17.4. The molecule has 0 radical (unpaired) electrons. The number of benzene rings is 1. The molecule has 1 N–H and O–H groups in total. The Morgan fingerprint density at radius 1 is 1.10 bits per heavy atom. The maximum Gasteiger partial charge on any atom is 0.251 e. The van der Waals surface area contributed by atoms with Crippen LogP contribution in [-0.2, 0) is 13.1 Å². The lowest BCUT2D eigenvalue weighted by Crippen LogP contribution is -2.51. The Kier molecular flexibility index (Phi) is 6.63. The molecule has 1 fully saturated rings. The van der Waals surface area contributed by atoms with E-state index in [1.54, 1.807) is 10.6 Å². The number of pyridine rings is 2. The first kappa shape index (κ1) is 22.2. The van der Waals surface area contributed by atoms with Gasteiger partial charge in [0, 0.05) is 37.3 Å². The topological polar surface area (TPSA) is 50.2 Å². The molecule has 4 rings (SSSR count). The highest BCUT2D eigenvalue weighted by Crippen LogP contribution is 2.25. The molecule has 0 spiro atoms. The molecule has 0 amide bonds. The zero-order chi connectivity index (χ0) is 22.0. The number of nitrogens with zero attached hydrogens (tertiary/aromatic N) is 3. The lowest BCUT2D eigenvalue weighted by atomic mass is 9.89. The number of halogens is 3. The predicted molar refractivity (Wildman–Crippen MR) is 123 cm³/mol. The number of hydrogen-bond acceptors (Lipinski definition) is 4. The van der Waals surface area contributed by atoms with Gasteiger partial charge in [-0.25, -0.2) is 4.39 Å². The van der Waals surface area contributed by atoms with E-state index >= 15 is 0 Å². The molecule has 1 aliphatic heterocycles. The predicted octanol–water partition coefficient (Wildman–Crippen LogP) is 4.49. The second-order valence-electron chi connectivity index (χ2n) is 8.39. The van der Waals surface area contributed by atoms with Crippen LogP contribution in [-0.4, -0.2) is 39.6 Å². The minimum absolute atomic E-state index is 0.0337. The van der Waals surface area contributed by atoms with Crippen molar-refractivity contribution >= 4 is 34.2 Å². The second-order valence-corrected chi connectivity index (χ2v) is 9.20. The Bertz CT molecular complexity index is 1140. The summed E-state index contributed by atoms with van der Waals surface area (Å²) >= 11 is 12.1. The maximum atomic E-state index is 13.7. The van der Waals surface area contributed by atoms with Crippen molar-refractivity contribution < 1.29 is 4.39 Å². The Hall–Kier alpha value is -1.99. The van der Waals surface area contributed by atoms with Crippen molar-refractivity contribution in [2.75, 3.05) is 19.6 Å². The van der Waals surface area contributed by atoms with Gasteiger partial charge in [0.25, 0.3) is 5.56 Å². The average Bonchev–Trinajstić information content (AvgIpc) is 2.75. The summed E-state index contributed by atoms with van der Waals surface area (Å²) in [7, 11) is 0. The first-order chi connectivity index (χ1) is 14.8. The third-order valence-electron chi connectivity index (χ3n) is 6.11. The van der Waals surface area contributed by atoms with Crippen molar-refractivity contribution in [2.24, 2.45) is 0 Å². The molecule has 164 valence electrons. The van der Waals surface area contributed by atoms with Crippen LogP contribution >= 0.6 is 23.2 Å². The summed E-state index contributed by atoms with van der Waals surface area (Å²) in [6, 6.07) is 10.2. The van der Waals surface area contributed by atoms with Crippen molar-refractivity contribution in [2.45, 2.75) is 38.4 Å². The molecule has 0 saturated carbocycles. The summed E-state index contributed by atoms with van der Waals surface area (Å²) in [5.74, 6) is -0.436. The molecular weight excluding hydrogens is 438 g/mol. The fraction of sp³-hybridized carbons (Fsp3) is 0.391. The van der Waals surface area contributed by atoms with E-state index in [0.29, 0.717) is 27.6 Å². The number of rotatable bonds is 6. The van der Waals surface area contributed by atoms with Crippen LogP contribution in [0.4, 0.5) is 4.39 Å². The summed E-state index contributed by atoms with van der Waals surface area (Å²) in [6.45, 7) is 6.07. The highest BCUT2D eigenvalue weighted by atomic mass is 35.5. The van der Waals surface area contributed by atoms with Crippen LogP contribution in [0.2, 0.25) is 10.0 Å². The summed E-state index contributed by atoms with van der Waals surface area (Å²) in [5.41, 5.74) is 2.17. The lowest BCUT2D eigenvalue weighted by Gasteiger charge is -2.40. The number of likely N-dealkylation sites (tertiary alicyclic amines) is 1. The average molecular weight is 463 g/mol. The molecule has 3 aromatic rings. The van der Waals surface area contributed by atoms with E-state index in [4.69, 9.17) is 23.2 Å². The quantitative estimate of drug-likeness (QED) is 0.586. The van der Waals surface area contributed by atoms with Gasteiger partial charge in [-0.3, -0.25) is 9.78 Å². The normalized spacial score (nSPS) is 16.6. The van der Waals surface area contributed by atoms with E-state index in [-0.39, 0.29) is 11.1 Å². The standard InChI is InChI=1S/C23H25Cl2FN4O/c1-23(28-14-16-2-3-18(24)19(25)12-16)6-8-29(9-7-23)10-11-30-21-13-17(26)15-27-20(21)4-5-22(30)31/h2-5,12-13,15,28H,6-11,14H2,1H3. The molecule has 0 atom stereocenters. The van der Waals surface area contributed by atoms with Gasteiger partial charge >= 0.3 is 0 Å². The number of piperidine rings is 1. The van der Waals surface area contributed by atoms with Gasteiger partial charge in [0.1, 0.15) is 5.82 Å². The largest absolute Gasteiger partial charge is 0.307 e. The monoisotopic (exact) mass is 462 g/mol. The van der Waals surface area contributed by atoms with Crippen molar-refractivity contribution in [3.8, 4) is 0 Å². The van der Waals surface area contributed by atoms with Gasteiger partial charge < -0.3 is 14.8 Å². The molecule has 0 unspecified atom stereocenters. The van der Waals surface area contributed by atoms with Crippen LogP contribution in [0, 0.1) is 5.82 Å². The van der Waals surface area contributed by atoms with Gasteiger partial charge in [0.15, 0.2) is 0 Å². The first-order valence-electron chi connectivity index (χ1n) is 10.4. The van der Waals surface area contributed by atoms with Gasteiger partial charge in [-0.05, 0) is 56.6 Å². The van der Waals surface area contributed by atoms with E-state index in [1.165, 1.54) is 18.3 Å². The maximum absolute atomic E-state index is 13.7. The molecule has 3 heterocycles. The molecule has 0 aliphatic carbocycles. The van der Waals surface area contributed by atoms with Crippen LogP contribution in [0.3, 0.4) is 0 Å². The zero-order valence-corrected chi connectivity index (χ0v) is 18.9. The molecule has 5 nitrogen and oxygen atoms in total. The summed E-state index contributed by atoms with van der Waals surface area (Å²) in [5, 5.41) is 4.79. The fourth-order valence-corrected chi connectivity index (χ4v) is 4.35. The first-order valence-corrected chi connectivity index (χ1v) is 11.1. The Balaban J connectivity index is 1.34. The molecule has 2 aromatic heterocycles. The summed E-state index contributed by atoms with van der Waals surface area (Å²) in [4.78, 5) is 18.8. The molecule has 1 aliphatic rings. The van der Waals surface area contributed by atoms with Gasteiger partial charge in [0.2, 0.25) is 0 Å². The second kappa shape index (κ2) is 9.25. The summed E-state index contributed by atoms with van der Waals surface area (Å²) in [6.07, 6.45) is 3.16. The molecule has 8 heteroatoms. The lowest BCUT2D eigenvalue weighted by molar-refractivity contribution is 0.141. The van der Waals surface area contributed by atoms with Crippen molar-refractivity contribution in [1.82, 2.24) is 19.8 Å².